The van der Waals surface area contributed by atoms with Crippen molar-refractivity contribution in [2.75, 3.05) is 0 Å². The Balaban J connectivity index is 2.18. The van der Waals surface area contributed by atoms with Crippen LogP contribution >= 0.6 is 0 Å². The molecule has 0 fully saturated rings. The first-order chi connectivity index (χ1) is 11.6. The maximum atomic E-state index is 12.3. The van der Waals surface area contributed by atoms with Crippen LogP contribution in [0.2, 0.25) is 0 Å². The van der Waals surface area contributed by atoms with E-state index in [0.717, 1.165) is 0 Å². The van der Waals surface area contributed by atoms with Crippen LogP contribution in [0.5, 0.6) is 11.5 Å². The van der Waals surface area contributed by atoms with Crippen molar-refractivity contribution in [2.45, 2.75) is 0 Å². The van der Waals surface area contributed by atoms with E-state index in [2.05, 4.69) is 0 Å². The molecule has 0 unspecified atom stereocenters. The van der Waals surface area contributed by atoms with Crippen molar-refractivity contribution in [3.8, 4) is 22.6 Å². The molecule has 0 radical (unpaired) electrons. The van der Waals surface area contributed by atoms with Gasteiger partial charge in [-0.25, -0.2) is 9.59 Å². The molecular formula is C18H10O6. The highest BCUT2D eigenvalue weighted by atomic mass is 16.4. The number of benzene rings is 2. The van der Waals surface area contributed by atoms with Crippen LogP contribution in [0.4, 0.5) is 0 Å². The molecule has 2 aromatic carbocycles. The van der Waals surface area contributed by atoms with E-state index in [1.807, 2.05) is 0 Å². The van der Waals surface area contributed by atoms with Gasteiger partial charge in [-0.2, -0.15) is 0 Å². The van der Waals surface area contributed by atoms with Crippen molar-refractivity contribution < 1.29 is 19.0 Å². The Morgan fingerprint density at radius 2 is 1.00 bits per heavy atom. The Kier molecular flexibility index (Phi) is 2.93. The molecule has 6 heteroatoms. The highest BCUT2D eigenvalue weighted by Crippen LogP contribution is 2.38. The largest absolute Gasteiger partial charge is 0.506 e. The molecule has 2 aromatic heterocycles. The number of aromatic hydroxyl groups is 2. The number of fused-ring (bicyclic) bond motifs is 2. The number of hydrogen-bond donors (Lipinski definition) is 2. The van der Waals surface area contributed by atoms with Gasteiger partial charge in [0.2, 0.25) is 0 Å². The normalized spacial score (nSPS) is 11.2. The van der Waals surface area contributed by atoms with Gasteiger partial charge in [0.15, 0.2) is 0 Å². The molecule has 2 N–H and O–H groups in total. The summed E-state index contributed by atoms with van der Waals surface area (Å²) in [5, 5.41) is 21.4. The summed E-state index contributed by atoms with van der Waals surface area (Å²) in [6.07, 6.45) is 0. The molecule has 24 heavy (non-hydrogen) atoms. The monoisotopic (exact) mass is 322 g/mol. The third-order valence-corrected chi connectivity index (χ3v) is 3.82. The summed E-state index contributed by atoms with van der Waals surface area (Å²) < 4.78 is 10.3. The Labute approximate surface area is 133 Å². The minimum Gasteiger partial charge on any atom is -0.506 e. The fourth-order valence-electron chi connectivity index (χ4n) is 2.71. The van der Waals surface area contributed by atoms with Gasteiger partial charge in [-0.05, 0) is 24.3 Å². The molecule has 2 heterocycles. The molecule has 0 aliphatic carbocycles. The Morgan fingerprint density at radius 3 is 1.42 bits per heavy atom. The zero-order chi connectivity index (χ0) is 16.8. The predicted molar refractivity (Wildman–Crippen MR) is 87.3 cm³/mol. The summed E-state index contributed by atoms with van der Waals surface area (Å²) in [4.78, 5) is 24.6. The van der Waals surface area contributed by atoms with Crippen molar-refractivity contribution in [3.63, 3.8) is 0 Å². The number of hydrogen-bond acceptors (Lipinski definition) is 6. The van der Waals surface area contributed by atoms with Crippen LogP contribution in [0.15, 0.2) is 67.0 Å². The second-order valence-corrected chi connectivity index (χ2v) is 5.22. The van der Waals surface area contributed by atoms with Crippen LogP contribution in [0, 0.1) is 0 Å². The smallest absolute Gasteiger partial charge is 0.348 e. The average molecular weight is 322 g/mol. The lowest BCUT2D eigenvalue weighted by molar-refractivity contribution is 0.458. The quantitative estimate of drug-likeness (QED) is 0.522. The summed E-state index contributed by atoms with van der Waals surface area (Å²) in [5.74, 6) is -0.889. The van der Waals surface area contributed by atoms with Crippen LogP contribution in [0.1, 0.15) is 0 Å². The Morgan fingerprint density at radius 1 is 0.625 bits per heavy atom. The lowest BCUT2D eigenvalue weighted by atomic mass is 10.0. The van der Waals surface area contributed by atoms with E-state index in [1.54, 1.807) is 24.3 Å². The van der Waals surface area contributed by atoms with E-state index in [0.29, 0.717) is 0 Å². The van der Waals surface area contributed by atoms with E-state index in [-0.39, 0.29) is 21.9 Å². The van der Waals surface area contributed by atoms with Crippen molar-refractivity contribution in [3.05, 3.63) is 69.4 Å². The molecular weight excluding hydrogens is 312 g/mol. The Bertz CT molecular complexity index is 1120. The van der Waals surface area contributed by atoms with Gasteiger partial charge in [0, 0.05) is 0 Å². The molecule has 4 rings (SSSR count). The van der Waals surface area contributed by atoms with Crippen molar-refractivity contribution in [2.24, 2.45) is 0 Å². The fourth-order valence-corrected chi connectivity index (χ4v) is 2.71. The summed E-state index contributed by atoms with van der Waals surface area (Å²) in [6, 6.07) is 12.7. The molecule has 4 aromatic rings. The zero-order valence-electron chi connectivity index (χ0n) is 12.1. The third-order valence-electron chi connectivity index (χ3n) is 3.82. The second kappa shape index (κ2) is 4.99. The van der Waals surface area contributed by atoms with Gasteiger partial charge in [-0.3, -0.25) is 0 Å². The second-order valence-electron chi connectivity index (χ2n) is 5.22. The SMILES string of the molecule is O=c1oc2ccccc2c(O)c1-c1c(O)c2ccccc2oc1=O. The molecule has 0 spiro atoms. The van der Waals surface area contributed by atoms with Gasteiger partial charge >= 0.3 is 11.3 Å². The minimum atomic E-state index is -0.941. The molecule has 0 aliphatic rings. The highest BCUT2D eigenvalue weighted by Gasteiger charge is 2.24. The van der Waals surface area contributed by atoms with Crippen LogP contribution in [-0.2, 0) is 0 Å². The van der Waals surface area contributed by atoms with Crippen LogP contribution < -0.4 is 11.3 Å². The fraction of sp³-hybridized carbons (Fsp3) is 0. The minimum absolute atomic E-state index is 0.174. The van der Waals surface area contributed by atoms with Crippen LogP contribution in [0.3, 0.4) is 0 Å². The van der Waals surface area contributed by atoms with Crippen molar-refractivity contribution >= 4 is 21.9 Å². The van der Waals surface area contributed by atoms with Gasteiger partial charge in [0.1, 0.15) is 33.8 Å². The summed E-state index contributed by atoms with van der Waals surface area (Å²) >= 11 is 0. The van der Waals surface area contributed by atoms with E-state index < -0.39 is 33.9 Å². The van der Waals surface area contributed by atoms with Crippen molar-refractivity contribution in [1.29, 1.82) is 0 Å². The molecule has 0 atom stereocenters. The molecule has 0 saturated heterocycles. The maximum absolute atomic E-state index is 12.3. The number of para-hydroxylation sites is 2. The van der Waals surface area contributed by atoms with E-state index in [9.17, 15) is 19.8 Å². The first kappa shape index (κ1) is 14.1. The topological polar surface area (TPSA) is 101 Å². The van der Waals surface area contributed by atoms with Gasteiger partial charge < -0.3 is 19.0 Å². The summed E-state index contributed by atoms with van der Waals surface area (Å²) in [7, 11) is 0. The van der Waals surface area contributed by atoms with Crippen LogP contribution in [-0.4, -0.2) is 10.2 Å². The standard InChI is InChI=1S/C18H10O6/c19-15-9-5-1-3-7-11(9)23-17(21)13(15)14-16(20)10-6-2-4-8-12(10)24-18(14)22/h1-8,19-20H. The predicted octanol–water partition coefficient (Wildman–Crippen LogP) is 2.98. The van der Waals surface area contributed by atoms with Gasteiger partial charge in [0.25, 0.3) is 0 Å². The molecule has 118 valence electrons. The van der Waals surface area contributed by atoms with E-state index in [1.165, 1.54) is 24.3 Å². The summed E-state index contributed by atoms with van der Waals surface area (Å²) in [6.45, 7) is 0. The van der Waals surface area contributed by atoms with Crippen molar-refractivity contribution in [1.82, 2.24) is 0 Å². The van der Waals surface area contributed by atoms with Crippen LogP contribution in [0.25, 0.3) is 33.1 Å². The van der Waals surface area contributed by atoms with Gasteiger partial charge in [-0.15, -0.1) is 0 Å². The molecule has 0 amide bonds. The summed E-state index contributed by atoms with van der Waals surface area (Å²) in [5.41, 5.74) is -2.38. The zero-order valence-corrected chi connectivity index (χ0v) is 12.1. The maximum Gasteiger partial charge on any atom is 0.348 e. The Hall–Kier alpha value is -3.54. The third kappa shape index (κ3) is 1.90. The van der Waals surface area contributed by atoms with Gasteiger partial charge in [0.05, 0.1) is 10.8 Å². The average Bonchev–Trinajstić information content (AvgIpc) is 2.57. The molecule has 0 saturated carbocycles. The highest BCUT2D eigenvalue weighted by molar-refractivity contribution is 5.95. The first-order valence-corrected chi connectivity index (χ1v) is 7.08. The van der Waals surface area contributed by atoms with E-state index >= 15 is 0 Å². The van der Waals surface area contributed by atoms with Gasteiger partial charge in [-0.1, -0.05) is 24.3 Å². The first-order valence-electron chi connectivity index (χ1n) is 7.08. The number of rotatable bonds is 1. The lowest BCUT2D eigenvalue weighted by Crippen LogP contribution is -2.11. The molecule has 6 nitrogen and oxygen atoms in total. The molecule has 0 bridgehead atoms. The molecule has 0 aliphatic heterocycles. The van der Waals surface area contributed by atoms with E-state index in [4.69, 9.17) is 8.83 Å². The lowest BCUT2D eigenvalue weighted by Gasteiger charge is -2.08.